The zero-order chi connectivity index (χ0) is 18.9. The van der Waals surface area contributed by atoms with Crippen molar-refractivity contribution in [2.24, 2.45) is 5.92 Å². The Balaban J connectivity index is 1.75. The molecule has 26 heavy (non-hydrogen) atoms. The summed E-state index contributed by atoms with van der Waals surface area (Å²) in [5, 5.41) is 1.81. The summed E-state index contributed by atoms with van der Waals surface area (Å²) >= 11 is 2.17. The van der Waals surface area contributed by atoms with Crippen molar-refractivity contribution in [2.75, 3.05) is 7.11 Å². The zero-order valence-electron chi connectivity index (χ0n) is 14.1. The Morgan fingerprint density at radius 1 is 1.12 bits per heavy atom. The third-order valence-electron chi connectivity index (χ3n) is 4.77. The number of halogens is 4. The lowest BCUT2D eigenvalue weighted by Crippen LogP contribution is -2.32. The zero-order valence-corrected chi connectivity index (χ0v) is 16.3. The molecule has 3 rings (SSSR count). The number of ether oxygens (including phenoxy) is 2. The van der Waals surface area contributed by atoms with Crippen molar-refractivity contribution in [1.29, 1.82) is 0 Å². The second-order valence-corrected chi connectivity index (χ2v) is 7.52. The third-order valence-corrected chi connectivity index (χ3v) is 5.88. The Morgan fingerprint density at radius 2 is 1.81 bits per heavy atom. The number of hydrogen-bond acceptors (Lipinski definition) is 3. The first-order chi connectivity index (χ1) is 12.3. The molecule has 2 aromatic rings. The molecule has 0 heterocycles. The van der Waals surface area contributed by atoms with Gasteiger partial charge in [0.15, 0.2) is 0 Å². The average Bonchev–Trinajstić information content (AvgIpc) is 2.63. The maximum absolute atomic E-state index is 12.8. The summed E-state index contributed by atoms with van der Waals surface area (Å²) in [6, 6.07) is 8.93. The maximum Gasteiger partial charge on any atom is 0.391 e. The lowest BCUT2D eigenvalue weighted by molar-refractivity contribution is -0.185. The van der Waals surface area contributed by atoms with Crippen LogP contribution in [0.2, 0.25) is 0 Å². The number of carbonyl (C=O) groups is 1. The molecular weight excluding hydrogens is 460 g/mol. The quantitative estimate of drug-likeness (QED) is 0.418. The van der Waals surface area contributed by atoms with Crippen molar-refractivity contribution < 1.29 is 27.4 Å². The van der Waals surface area contributed by atoms with Gasteiger partial charge in [0.1, 0.15) is 5.75 Å². The Bertz CT molecular complexity index is 812. The van der Waals surface area contributed by atoms with Crippen LogP contribution in [0.15, 0.2) is 30.3 Å². The van der Waals surface area contributed by atoms with E-state index in [1.807, 2.05) is 12.1 Å². The lowest BCUT2D eigenvalue weighted by atomic mass is 9.87. The normalized spacial score (nSPS) is 20.8. The third kappa shape index (κ3) is 4.07. The molecule has 3 nitrogen and oxygen atoms in total. The van der Waals surface area contributed by atoms with Gasteiger partial charge in [0, 0.05) is 0 Å². The molecule has 7 heteroatoms. The molecule has 140 valence electrons. The molecule has 0 aliphatic heterocycles. The van der Waals surface area contributed by atoms with Crippen molar-refractivity contribution in [1.82, 2.24) is 0 Å². The minimum Gasteiger partial charge on any atom is -0.489 e. The molecular formula is C19H18F3IO3. The van der Waals surface area contributed by atoms with Gasteiger partial charge in [-0.2, -0.15) is 13.2 Å². The summed E-state index contributed by atoms with van der Waals surface area (Å²) in [6.07, 6.45) is -3.28. The van der Waals surface area contributed by atoms with E-state index in [-0.39, 0.29) is 18.9 Å². The van der Waals surface area contributed by atoms with E-state index < -0.39 is 18.1 Å². The van der Waals surface area contributed by atoms with Gasteiger partial charge in [0.05, 0.1) is 28.3 Å². The maximum atomic E-state index is 12.8. The monoisotopic (exact) mass is 478 g/mol. The summed E-state index contributed by atoms with van der Waals surface area (Å²) in [7, 11) is 1.33. The van der Waals surface area contributed by atoms with Gasteiger partial charge in [0.25, 0.3) is 0 Å². The molecule has 1 aliphatic rings. The van der Waals surface area contributed by atoms with Gasteiger partial charge in [0.2, 0.25) is 0 Å². The van der Waals surface area contributed by atoms with Gasteiger partial charge in [-0.1, -0.05) is 12.1 Å². The predicted molar refractivity (Wildman–Crippen MR) is 100 cm³/mol. The van der Waals surface area contributed by atoms with Crippen LogP contribution in [0.3, 0.4) is 0 Å². The van der Waals surface area contributed by atoms with Crippen molar-refractivity contribution >= 4 is 39.3 Å². The van der Waals surface area contributed by atoms with Crippen LogP contribution in [-0.2, 0) is 4.74 Å². The number of methoxy groups -OCH3 is 1. The van der Waals surface area contributed by atoms with Crippen LogP contribution in [0.1, 0.15) is 36.0 Å². The van der Waals surface area contributed by atoms with Crippen LogP contribution in [0.5, 0.6) is 5.75 Å². The fraction of sp³-hybridized carbons (Fsp3) is 0.421. The molecule has 0 bridgehead atoms. The number of esters is 1. The average molecular weight is 478 g/mol. The summed E-state index contributed by atoms with van der Waals surface area (Å²) in [4.78, 5) is 11.6. The van der Waals surface area contributed by atoms with Crippen LogP contribution in [0.25, 0.3) is 10.8 Å². The van der Waals surface area contributed by atoms with Gasteiger partial charge in [-0.05, 0) is 77.2 Å². The Labute approximate surface area is 163 Å². The second-order valence-electron chi connectivity index (χ2n) is 6.44. The lowest BCUT2D eigenvalue weighted by Gasteiger charge is -2.30. The van der Waals surface area contributed by atoms with Gasteiger partial charge >= 0.3 is 12.1 Å². The SMILES string of the molecule is COC(=O)c1ccc2c(I)c(OC3CCC(C(F)(F)F)CC3)ccc2c1. The van der Waals surface area contributed by atoms with Crippen molar-refractivity contribution in [3.63, 3.8) is 0 Å². The van der Waals surface area contributed by atoms with Crippen LogP contribution in [0.4, 0.5) is 13.2 Å². The predicted octanol–water partition coefficient (Wildman–Crippen LogP) is 5.73. The molecule has 1 fully saturated rings. The minimum absolute atomic E-state index is 0.112. The first-order valence-corrected chi connectivity index (χ1v) is 9.41. The van der Waals surface area contributed by atoms with Crippen LogP contribution in [0, 0.1) is 9.49 Å². The van der Waals surface area contributed by atoms with E-state index in [2.05, 4.69) is 22.6 Å². The Morgan fingerprint density at radius 3 is 2.42 bits per heavy atom. The highest BCUT2D eigenvalue weighted by atomic mass is 127. The Kier molecular flexibility index (Phi) is 5.64. The fourth-order valence-corrected chi connectivity index (χ4v) is 4.09. The molecule has 1 aliphatic carbocycles. The second kappa shape index (κ2) is 7.62. The molecule has 1 saturated carbocycles. The molecule has 0 spiro atoms. The van der Waals surface area contributed by atoms with Gasteiger partial charge in [-0.15, -0.1) is 0 Å². The van der Waals surface area contributed by atoms with Crippen molar-refractivity contribution in [3.05, 3.63) is 39.5 Å². The van der Waals surface area contributed by atoms with Gasteiger partial charge < -0.3 is 9.47 Å². The van der Waals surface area contributed by atoms with E-state index in [0.29, 0.717) is 24.2 Å². The summed E-state index contributed by atoms with van der Waals surface area (Å²) < 4.78 is 49.9. The molecule has 0 atom stereocenters. The highest BCUT2D eigenvalue weighted by Gasteiger charge is 2.41. The first-order valence-electron chi connectivity index (χ1n) is 8.33. The number of fused-ring (bicyclic) bond motifs is 1. The minimum atomic E-state index is -4.11. The number of hydrogen-bond donors (Lipinski definition) is 0. The first kappa shape index (κ1) is 19.3. The molecule has 0 aromatic heterocycles. The van der Waals surface area contributed by atoms with E-state index in [1.54, 1.807) is 18.2 Å². The topological polar surface area (TPSA) is 35.5 Å². The van der Waals surface area contributed by atoms with Gasteiger partial charge in [-0.3, -0.25) is 0 Å². The largest absolute Gasteiger partial charge is 0.489 e. The highest BCUT2D eigenvalue weighted by Crippen LogP contribution is 2.39. The molecule has 0 unspecified atom stereocenters. The number of carbonyl (C=O) groups excluding carboxylic acids is 1. The number of rotatable bonds is 3. The molecule has 0 amide bonds. The van der Waals surface area contributed by atoms with E-state index in [4.69, 9.17) is 9.47 Å². The van der Waals surface area contributed by atoms with E-state index in [9.17, 15) is 18.0 Å². The van der Waals surface area contributed by atoms with Crippen molar-refractivity contribution in [2.45, 2.75) is 38.0 Å². The van der Waals surface area contributed by atoms with Crippen molar-refractivity contribution in [3.8, 4) is 5.75 Å². The number of alkyl halides is 3. The van der Waals surface area contributed by atoms with E-state index in [0.717, 1.165) is 14.3 Å². The molecule has 0 N–H and O–H groups in total. The van der Waals surface area contributed by atoms with Crippen LogP contribution in [-0.4, -0.2) is 25.4 Å². The van der Waals surface area contributed by atoms with E-state index in [1.165, 1.54) is 7.11 Å². The fourth-order valence-electron chi connectivity index (χ4n) is 3.30. The summed E-state index contributed by atoms with van der Waals surface area (Å²) in [5.41, 5.74) is 0.468. The van der Waals surface area contributed by atoms with Gasteiger partial charge in [-0.25, -0.2) is 4.79 Å². The summed E-state index contributed by atoms with van der Waals surface area (Å²) in [5.74, 6) is -0.946. The standard InChI is InChI=1S/C19H18F3IO3/c1-25-18(24)12-2-8-15-11(10-12)3-9-16(17(15)23)26-14-6-4-13(5-7-14)19(20,21)22/h2-3,8-10,13-14H,4-7H2,1H3. The molecule has 0 radical (unpaired) electrons. The van der Waals surface area contributed by atoms with E-state index >= 15 is 0 Å². The van der Waals surface area contributed by atoms with Crippen LogP contribution < -0.4 is 4.74 Å². The Hall–Kier alpha value is -1.51. The molecule has 0 saturated heterocycles. The number of benzene rings is 2. The molecule has 2 aromatic carbocycles. The van der Waals surface area contributed by atoms with Crippen LogP contribution >= 0.6 is 22.6 Å². The smallest absolute Gasteiger partial charge is 0.391 e. The summed E-state index contributed by atoms with van der Waals surface area (Å²) in [6.45, 7) is 0. The highest BCUT2D eigenvalue weighted by molar-refractivity contribution is 14.1.